The Bertz CT molecular complexity index is 1140. The molecule has 4 rings (SSSR count). The van der Waals surface area contributed by atoms with Crippen LogP contribution in [0.3, 0.4) is 0 Å². The van der Waals surface area contributed by atoms with E-state index in [1.165, 1.54) is 11.1 Å². The molecular formula is C36H42O4. The molecule has 4 nitrogen and oxygen atoms in total. The van der Waals surface area contributed by atoms with E-state index in [4.69, 9.17) is 9.47 Å². The monoisotopic (exact) mass is 538 g/mol. The summed E-state index contributed by atoms with van der Waals surface area (Å²) in [4.78, 5) is 0. The standard InChI is InChI=1S/C36H42O4/c37-35(23-21-29-13-5-3-6-14-29)31-17-11-19-33(27-31)39-25-9-1-2-10-26-40-34-20-12-18-32(28-34)36(38)24-22-30-15-7-4-8-16-30/h3-8,11-20,27-28,35-38H,1-2,9-10,21-26H2/t35-,36-/m1/s1. The molecule has 40 heavy (non-hydrogen) atoms. The lowest BCUT2D eigenvalue weighted by Gasteiger charge is -2.13. The normalized spacial score (nSPS) is 12.6. The minimum Gasteiger partial charge on any atom is -0.494 e. The third-order valence-electron chi connectivity index (χ3n) is 7.16. The van der Waals surface area contributed by atoms with Crippen LogP contribution >= 0.6 is 0 Å². The molecule has 0 heterocycles. The van der Waals surface area contributed by atoms with Gasteiger partial charge in [-0.3, -0.25) is 0 Å². The van der Waals surface area contributed by atoms with Crippen LogP contribution in [0.5, 0.6) is 11.5 Å². The highest BCUT2D eigenvalue weighted by Gasteiger charge is 2.10. The molecule has 0 amide bonds. The molecular weight excluding hydrogens is 496 g/mol. The molecule has 0 unspecified atom stereocenters. The van der Waals surface area contributed by atoms with E-state index >= 15 is 0 Å². The quantitative estimate of drug-likeness (QED) is 0.134. The SMILES string of the molecule is O[C@H](CCc1ccccc1)c1cccc(OCCCCCCOc2cccc([C@H](O)CCc3ccccc3)c2)c1. The summed E-state index contributed by atoms with van der Waals surface area (Å²) in [6.45, 7) is 1.32. The van der Waals surface area contributed by atoms with E-state index in [1.807, 2.05) is 84.9 Å². The van der Waals surface area contributed by atoms with E-state index in [2.05, 4.69) is 24.3 Å². The number of hydrogen-bond donors (Lipinski definition) is 2. The molecule has 2 N–H and O–H groups in total. The van der Waals surface area contributed by atoms with Gasteiger partial charge < -0.3 is 19.7 Å². The average Bonchev–Trinajstić information content (AvgIpc) is 3.01. The Balaban J connectivity index is 1.08. The maximum Gasteiger partial charge on any atom is 0.119 e. The van der Waals surface area contributed by atoms with Crippen molar-refractivity contribution in [3.63, 3.8) is 0 Å². The Morgan fingerprint density at radius 3 is 1.32 bits per heavy atom. The summed E-state index contributed by atoms with van der Waals surface area (Å²) < 4.78 is 11.9. The summed E-state index contributed by atoms with van der Waals surface area (Å²) >= 11 is 0. The van der Waals surface area contributed by atoms with Gasteiger partial charge in [-0.15, -0.1) is 0 Å². The average molecular weight is 539 g/mol. The van der Waals surface area contributed by atoms with E-state index < -0.39 is 12.2 Å². The number of unbranched alkanes of at least 4 members (excludes halogenated alkanes) is 3. The highest BCUT2D eigenvalue weighted by molar-refractivity contribution is 5.31. The Hall–Kier alpha value is -3.60. The van der Waals surface area contributed by atoms with Crippen LogP contribution in [0.1, 0.15) is 73.0 Å². The largest absolute Gasteiger partial charge is 0.494 e. The first-order chi connectivity index (χ1) is 19.7. The number of rotatable bonds is 17. The summed E-state index contributed by atoms with van der Waals surface area (Å²) in [6, 6.07) is 36.2. The van der Waals surface area contributed by atoms with Crippen LogP contribution in [-0.4, -0.2) is 23.4 Å². The highest BCUT2D eigenvalue weighted by atomic mass is 16.5. The number of aliphatic hydroxyl groups is 2. The van der Waals surface area contributed by atoms with Crippen molar-refractivity contribution in [2.24, 2.45) is 0 Å². The minimum absolute atomic E-state index is 0.498. The molecule has 0 saturated carbocycles. The van der Waals surface area contributed by atoms with Gasteiger partial charge >= 0.3 is 0 Å². The van der Waals surface area contributed by atoms with Gasteiger partial charge in [-0.1, -0.05) is 84.9 Å². The van der Waals surface area contributed by atoms with Crippen molar-refractivity contribution >= 4 is 0 Å². The molecule has 0 spiro atoms. The summed E-state index contributed by atoms with van der Waals surface area (Å²) in [5.74, 6) is 1.62. The van der Waals surface area contributed by atoms with Crippen molar-refractivity contribution in [3.05, 3.63) is 131 Å². The topological polar surface area (TPSA) is 58.9 Å². The molecule has 0 aliphatic rings. The minimum atomic E-state index is -0.498. The van der Waals surface area contributed by atoms with E-state index in [9.17, 15) is 10.2 Å². The van der Waals surface area contributed by atoms with Gasteiger partial charge in [-0.05, 0) is 97.9 Å². The lowest BCUT2D eigenvalue weighted by Crippen LogP contribution is -2.03. The molecule has 4 heteroatoms. The van der Waals surface area contributed by atoms with Gasteiger partial charge in [0.25, 0.3) is 0 Å². The second-order valence-corrected chi connectivity index (χ2v) is 10.3. The van der Waals surface area contributed by atoms with Crippen LogP contribution in [0, 0.1) is 0 Å². The highest BCUT2D eigenvalue weighted by Crippen LogP contribution is 2.25. The Labute approximate surface area is 239 Å². The van der Waals surface area contributed by atoms with Gasteiger partial charge in [0.05, 0.1) is 25.4 Å². The van der Waals surface area contributed by atoms with E-state index in [0.717, 1.165) is 61.2 Å². The smallest absolute Gasteiger partial charge is 0.119 e. The van der Waals surface area contributed by atoms with Crippen LogP contribution in [-0.2, 0) is 12.8 Å². The zero-order chi connectivity index (χ0) is 27.8. The summed E-state index contributed by atoms with van der Waals surface area (Å²) in [7, 11) is 0. The lowest BCUT2D eigenvalue weighted by molar-refractivity contribution is 0.167. The fraction of sp³-hybridized carbons (Fsp3) is 0.333. The van der Waals surface area contributed by atoms with Gasteiger partial charge in [0.15, 0.2) is 0 Å². The fourth-order valence-corrected chi connectivity index (χ4v) is 4.79. The second-order valence-electron chi connectivity index (χ2n) is 10.3. The third kappa shape index (κ3) is 10.2. The number of ether oxygens (including phenoxy) is 2. The predicted octanol–water partition coefficient (Wildman–Crippen LogP) is 8.04. The first-order valence-electron chi connectivity index (χ1n) is 14.6. The first-order valence-corrected chi connectivity index (χ1v) is 14.6. The molecule has 0 radical (unpaired) electrons. The number of aliphatic hydroxyl groups excluding tert-OH is 2. The third-order valence-corrected chi connectivity index (χ3v) is 7.16. The lowest BCUT2D eigenvalue weighted by atomic mass is 10.0. The molecule has 4 aromatic carbocycles. The molecule has 0 bridgehead atoms. The van der Waals surface area contributed by atoms with Crippen LogP contribution < -0.4 is 9.47 Å². The van der Waals surface area contributed by atoms with Gasteiger partial charge in [0.2, 0.25) is 0 Å². The van der Waals surface area contributed by atoms with E-state index in [0.29, 0.717) is 26.1 Å². The van der Waals surface area contributed by atoms with Crippen LogP contribution in [0.15, 0.2) is 109 Å². The molecule has 0 aliphatic heterocycles. The maximum atomic E-state index is 10.6. The predicted molar refractivity (Wildman–Crippen MR) is 162 cm³/mol. The van der Waals surface area contributed by atoms with Crippen molar-refractivity contribution in [1.29, 1.82) is 0 Å². The van der Waals surface area contributed by atoms with Gasteiger partial charge in [-0.2, -0.15) is 0 Å². The molecule has 0 fully saturated rings. The Morgan fingerprint density at radius 1 is 0.475 bits per heavy atom. The Morgan fingerprint density at radius 2 is 0.900 bits per heavy atom. The summed E-state index contributed by atoms with van der Waals surface area (Å²) in [5, 5.41) is 21.2. The zero-order valence-electron chi connectivity index (χ0n) is 23.3. The maximum absolute atomic E-state index is 10.6. The summed E-state index contributed by atoms with van der Waals surface area (Å²) in [6.07, 6.45) is 6.17. The van der Waals surface area contributed by atoms with Crippen molar-refractivity contribution in [2.45, 2.75) is 63.6 Å². The number of aryl methyl sites for hydroxylation is 2. The fourth-order valence-electron chi connectivity index (χ4n) is 4.79. The molecule has 210 valence electrons. The molecule has 2 atom stereocenters. The van der Waals surface area contributed by atoms with Gasteiger partial charge in [0, 0.05) is 0 Å². The summed E-state index contributed by atoms with van der Waals surface area (Å²) in [5.41, 5.74) is 4.28. The van der Waals surface area contributed by atoms with Crippen LogP contribution in [0.4, 0.5) is 0 Å². The Kier molecular flexibility index (Phi) is 12.1. The van der Waals surface area contributed by atoms with E-state index in [-0.39, 0.29) is 0 Å². The van der Waals surface area contributed by atoms with Crippen LogP contribution in [0.25, 0.3) is 0 Å². The van der Waals surface area contributed by atoms with Crippen molar-refractivity contribution in [3.8, 4) is 11.5 Å². The molecule has 0 saturated heterocycles. The molecule has 0 aliphatic carbocycles. The number of benzene rings is 4. The first kappa shape index (κ1) is 29.4. The van der Waals surface area contributed by atoms with Gasteiger partial charge in [-0.25, -0.2) is 0 Å². The van der Waals surface area contributed by atoms with Crippen molar-refractivity contribution in [2.75, 3.05) is 13.2 Å². The van der Waals surface area contributed by atoms with Crippen LogP contribution in [0.2, 0.25) is 0 Å². The van der Waals surface area contributed by atoms with E-state index in [1.54, 1.807) is 0 Å². The number of hydrogen-bond acceptors (Lipinski definition) is 4. The van der Waals surface area contributed by atoms with Crippen molar-refractivity contribution in [1.82, 2.24) is 0 Å². The zero-order valence-corrected chi connectivity index (χ0v) is 23.3. The van der Waals surface area contributed by atoms with Gasteiger partial charge in [0.1, 0.15) is 11.5 Å². The second kappa shape index (κ2) is 16.5. The molecule has 0 aromatic heterocycles. The molecule has 4 aromatic rings. The van der Waals surface area contributed by atoms with Crippen molar-refractivity contribution < 1.29 is 19.7 Å².